The van der Waals surface area contributed by atoms with Crippen LogP contribution in [0.25, 0.3) is 6.08 Å². The summed E-state index contributed by atoms with van der Waals surface area (Å²) in [6.45, 7) is 0.0426. The average molecular weight is 552 g/mol. The molecule has 0 aromatic heterocycles. The fourth-order valence-electron chi connectivity index (χ4n) is 3.09. The smallest absolute Gasteiger partial charge is 0.335 e. The summed E-state index contributed by atoms with van der Waals surface area (Å²) in [6.07, 6.45) is 1.34. The number of carbonyl (C=O) groups excluding carboxylic acids is 1. The van der Waals surface area contributed by atoms with Gasteiger partial charge in [-0.25, -0.2) is 4.79 Å². The highest BCUT2D eigenvalue weighted by atomic mass is 79.9. The van der Waals surface area contributed by atoms with E-state index in [9.17, 15) is 25.0 Å². The molecule has 0 bridgehead atoms. The molecule has 3 aromatic carbocycles. The second-order valence-electron chi connectivity index (χ2n) is 7.25. The van der Waals surface area contributed by atoms with Crippen molar-refractivity contribution >= 4 is 45.3 Å². The molecule has 0 aliphatic rings. The predicted octanol–water partition coefficient (Wildman–Crippen LogP) is 5.19. The number of nitriles is 1. The number of hydrogen-bond acceptors (Lipinski definition) is 7. The van der Waals surface area contributed by atoms with Crippen LogP contribution in [-0.4, -0.2) is 29.0 Å². The van der Waals surface area contributed by atoms with Crippen LogP contribution in [0, 0.1) is 21.4 Å². The van der Waals surface area contributed by atoms with Crippen LogP contribution < -0.4 is 14.8 Å². The minimum Gasteiger partial charge on any atom is -0.493 e. The van der Waals surface area contributed by atoms with Gasteiger partial charge in [-0.1, -0.05) is 34.1 Å². The van der Waals surface area contributed by atoms with Gasteiger partial charge >= 0.3 is 5.97 Å². The zero-order valence-corrected chi connectivity index (χ0v) is 20.3. The lowest BCUT2D eigenvalue weighted by atomic mass is 10.1. The molecule has 182 valence electrons. The molecule has 1 amide bonds. The van der Waals surface area contributed by atoms with E-state index < -0.39 is 16.8 Å². The zero-order chi connectivity index (χ0) is 26.2. The summed E-state index contributed by atoms with van der Waals surface area (Å²) in [5, 5.41) is 32.1. The summed E-state index contributed by atoms with van der Waals surface area (Å²) in [6, 6.07) is 16.7. The molecule has 0 saturated carbocycles. The zero-order valence-electron chi connectivity index (χ0n) is 18.7. The van der Waals surface area contributed by atoms with Gasteiger partial charge in [0.05, 0.1) is 17.6 Å². The Kier molecular flexibility index (Phi) is 8.38. The molecule has 0 aliphatic carbocycles. The van der Waals surface area contributed by atoms with Crippen molar-refractivity contribution in [2.45, 2.75) is 6.61 Å². The van der Waals surface area contributed by atoms with Gasteiger partial charge in [0.25, 0.3) is 11.6 Å². The Morgan fingerprint density at radius 3 is 2.58 bits per heavy atom. The summed E-state index contributed by atoms with van der Waals surface area (Å²) >= 11 is 3.39. The van der Waals surface area contributed by atoms with E-state index >= 15 is 0 Å². The molecular weight excluding hydrogens is 534 g/mol. The molecular formula is C25H18BrN3O7. The summed E-state index contributed by atoms with van der Waals surface area (Å²) in [5.41, 5.74) is 0.957. The SMILES string of the molecule is COc1cc(/C=C(/C#N)C(=O)Nc2cccc(C(=O)O)c2)c(Br)cc1OCc1cccc([N+](=O)[O-])c1. The lowest BCUT2D eigenvalue weighted by Gasteiger charge is -2.13. The van der Waals surface area contributed by atoms with E-state index in [1.54, 1.807) is 24.3 Å². The Hall–Kier alpha value is -4.69. The van der Waals surface area contributed by atoms with Gasteiger partial charge in [0.15, 0.2) is 11.5 Å². The number of anilines is 1. The first kappa shape index (κ1) is 25.9. The molecule has 3 rings (SSSR count). The van der Waals surface area contributed by atoms with Gasteiger partial charge in [-0.2, -0.15) is 5.26 Å². The van der Waals surface area contributed by atoms with Crippen molar-refractivity contribution < 1.29 is 29.1 Å². The van der Waals surface area contributed by atoms with E-state index in [4.69, 9.17) is 14.6 Å². The maximum absolute atomic E-state index is 12.6. The molecule has 11 heteroatoms. The van der Waals surface area contributed by atoms with Gasteiger partial charge in [0.1, 0.15) is 18.2 Å². The Morgan fingerprint density at radius 2 is 1.92 bits per heavy atom. The quantitative estimate of drug-likeness (QED) is 0.159. The van der Waals surface area contributed by atoms with Gasteiger partial charge in [-0.15, -0.1) is 0 Å². The Balaban J connectivity index is 1.82. The number of nitro groups is 1. The van der Waals surface area contributed by atoms with Crippen LogP contribution in [0.4, 0.5) is 11.4 Å². The molecule has 0 radical (unpaired) electrons. The Morgan fingerprint density at radius 1 is 1.17 bits per heavy atom. The Bertz CT molecular complexity index is 1410. The minimum absolute atomic E-state index is 0.0107. The van der Waals surface area contributed by atoms with Crippen LogP contribution in [0.15, 0.2) is 70.7 Å². The highest BCUT2D eigenvalue weighted by molar-refractivity contribution is 9.10. The number of carboxylic acid groups (broad SMARTS) is 1. The predicted molar refractivity (Wildman–Crippen MR) is 134 cm³/mol. The van der Waals surface area contributed by atoms with Crippen LogP contribution in [0.5, 0.6) is 11.5 Å². The van der Waals surface area contributed by atoms with Crippen LogP contribution in [0.3, 0.4) is 0 Å². The van der Waals surface area contributed by atoms with E-state index in [1.807, 2.05) is 6.07 Å². The van der Waals surface area contributed by atoms with Crippen LogP contribution in [0.1, 0.15) is 21.5 Å². The van der Waals surface area contributed by atoms with E-state index in [0.29, 0.717) is 27.1 Å². The molecule has 0 saturated heterocycles. The third kappa shape index (κ3) is 6.46. The number of amides is 1. The third-order valence-corrected chi connectivity index (χ3v) is 5.52. The molecule has 0 spiro atoms. The molecule has 0 atom stereocenters. The summed E-state index contributed by atoms with van der Waals surface area (Å²) < 4.78 is 11.6. The van der Waals surface area contributed by atoms with Crippen molar-refractivity contribution in [2.75, 3.05) is 12.4 Å². The van der Waals surface area contributed by atoms with E-state index in [2.05, 4.69) is 21.2 Å². The molecule has 0 unspecified atom stereocenters. The average Bonchev–Trinajstić information content (AvgIpc) is 2.87. The monoisotopic (exact) mass is 551 g/mol. The van der Waals surface area contributed by atoms with E-state index in [1.165, 1.54) is 49.6 Å². The van der Waals surface area contributed by atoms with Gasteiger partial charge in [-0.3, -0.25) is 14.9 Å². The standard InChI is InChI=1S/C25H18BrN3O7/c1-35-22-11-17(9-18(13-27)24(30)28-19-6-3-5-16(10-19)25(31)32)21(26)12-23(22)36-14-15-4-2-7-20(8-15)29(33)34/h2-12H,14H2,1H3,(H,28,30)(H,31,32)/b18-9-. The van der Waals surface area contributed by atoms with Crippen molar-refractivity contribution in [3.63, 3.8) is 0 Å². The van der Waals surface area contributed by atoms with Crippen molar-refractivity contribution in [3.8, 4) is 17.6 Å². The number of hydrogen-bond donors (Lipinski definition) is 2. The van der Waals surface area contributed by atoms with Crippen LogP contribution in [-0.2, 0) is 11.4 Å². The largest absolute Gasteiger partial charge is 0.493 e. The molecule has 0 heterocycles. The van der Waals surface area contributed by atoms with Crippen molar-refractivity contribution in [1.29, 1.82) is 5.26 Å². The minimum atomic E-state index is -1.15. The lowest BCUT2D eigenvalue weighted by molar-refractivity contribution is -0.384. The number of carbonyl (C=O) groups is 2. The van der Waals surface area contributed by atoms with Gasteiger partial charge in [0.2, 0.25) is 0 Å². The maximum Gasteiger partial charge on any atom is 0.335 e. The van der Waals surface area contributed by atoms with Gasteiger partial charge in [-0.05, 0) is 47.5 Å². The number of aromatic carboxylic acids is 1. The fraction of sp³-hybridized carbons (Fsp3) is 0.0800. The third-order valence-electron chi connectivity index (χ3n) is 4.83. The van der Waals surface area contributed by atoms with Crippen molar-refractivity contribution in [3.05, 3.63) is 97.5 Å². The summed E-state index contributed by atoms with van der Waals surface area (Å²) in [7, 11) is 1.42. The highest BCUT2D eigenvalue weighted by Crippen LogP contribution is 2.35. The second-order valence-corrected chi connectivity index (χ2v) is 8.10. The fourth-order valence-corrected chi connectivity index (χ4v) is 3.52. The summed E-state index contributed by atoms with van der Waals surface area (Å²) in [4.78, 5) is 34.2. The number of benzene rings is 3. The Labute approximate surface area is 213 Å². The van der Waals surface area contributed by atoms with E-state index in [-0.39, 0.29) is 29.1 Å². The van der Waals surface area contributed by atoms with Gasteiger partial charge in [0, 0.05) is 22.3 Å². The lowest BCUT2D eigenvalue weighted by Crippen LogP contribution is -2.14. The first-order chi connectivity index (χ1) is 17.2. The van der Waals surface area contributed by atoms with Crippen molar-refractivity contribution in [1.82, 2.24) is 0 Å². The van der Waals surface area contributed by atoms with E-state index in [0.717, 1.165) is 0 Å². The molecule has 36 heavy (non-hydrogen) atoms. The highest BCUT2D eigenvalue weighted by Gasteiger charge is 2.15. The van der Waals surface area contributed by atoms with Gasteiger partial charge < -0.3 is 19.9 Å². The second kappa shape index (κ2) is 11.6. The molecule has 0 aliphatic heterocycles. The first-order valence-electron chi connectivity index (χ1n) is 10.2. The van der Waals surface area contributed by atoms with Crippen LogP contribution in [0.2, 0.25) is 0 Å². The topological polar surface area (TPSA) is 152 Å². The number of ether oxygens (including phenoxy) is 2. The maximum atomic E-state index is 12.6. The van der Waals surface area contributed by atoms with Crippen LogP contribution >= 0.6 is 15.9 Å². The summed E-state index contributed by atoms with van der Waals surface area (Å²) in [5.74, 6) is -1.23. The number of nitro benzene ring substituents is 1. The number of methoxy groups -OCH3 is 1. The molecule has 10 nitrogen and oxygen atoms in total. The molecule has 3 aromatic rings. The number of carboxylic acids is 1. The first-order valence-corrected chi connectivity index (χ1v) is 11.0. The number of non-ortho nitro benzene ring substituents is 1. The van der Waals surface area contributed by atoms with Crippen molar-refractivity contribution in [2.24, 2.45) is 0 Å². The number of rotatable bonds is 9. The number of nitrogens with one attached hydrogen (secondary N) is 1. The molecule has 0 fully saturated rings. The molecule has 2 N–H and O–H groups in total. The normalized spacial score (nSPS) is 10.8. The number of nitrogens with zero attached hydrogens (tertiary/aromatic N) is 2. The number of halogens is 1.